The monoisotopic (exact) mass is 288 g/mol. The molecule has 3 N–H and O–H groups in total. The van der Waals surface area contributed by atoms with E-state index in [0.29, 0.717) is 6.42 Å². The summed E-state index contributed by atoms with van der Waals surface area (Å²) >= 11 is 0. The van der Waals surface area contributed by atoms with Crippen LogP contribution in [0.2, 0.25) is 0 Å². The maximum atomic E-state index is 11.9. The Balaban J connectivity index is 4.68. The number of nitrogens with one attached hydrogen (secondary N) is 2. The van der Waals surface area contributed by atoms with Crippen molar-refractivity contribution in [1.29, 1.82) is 0 Å². The van der Waals surface area contributed by atoms with E-state index in [0.717, 1.165) is 0 Å². The third-order valence-electron chi connectivity index (χ3n) is 2.58. The summed E-state index contributed by atoms with van der Waals surface area (Å²) < 4.78 is 5.09. The lowest BCUT2D eigenvalue weighted by Gasteiger charge is -2.26. The molecule has 0 aromatic carbocycles. The summed E-state index contributed by atoms with van der Waals surface area (Å²) in [6, 6.07) is -0.825. The van der Waals surface area contributed by atoms with Gasteiger partial charge in [0.2, 0.25) is 5.91 Å². The Bertz CT molecular complexity index is 362. The Morgan fingerprint density at radius 1 is 1.25 bits per heavy atom. The standard InChI is InChI=1S/C13H24N2O5/c1-6-8(2)10(11(18)14-7-9(16)17)15-12(19)20-13(3,4)5/h8,10H,6-7H2,1-5H3,(H,14,18)(H,15,19)(H,16,17)/t8-,10-/m1/s1. The van der Waals surface area contributed by atoms with Gasteiger partial charge >= 0.3 is 12.1 Å². The first kappa shape index (κ1) is 18.2. The second-order valence-electron chi connectivity index (χ2n) is 5.62. The quantitative estimate of drug-likeness (QED) is 0.679. The molecule has 0 unspecified atom stereocenters. The van der Waals surface area contributed by atoms with Gasteiger partial charge in [-0.05, 0) is 26.7 Å². The summed E-state index contributed by atoms with van der Waals surface area (Å²) in [6.07, 6.45) is -0.0469. The van der Waals surface area contributed by atoms with Crippen molar-refractivity contribution >= 4 is 18.0 Å². The molecule has 0 saturated heterocycles. The molecule has 2 atom stereocenters. The molecule has 0 aliphatic carbocycles. The Hall–Kier alpha value is -1.79. The fourth-order valence-electron chi connectivity index (χ4n) is 1.41. The van der Waals surface area contributed by atoms with Crippen molar-refractivity contribution in [3.63, 3.8) is 0 Å². The number of carboxylic acid groups (broad SMARTS) is 1. The molecule has 20 heavy (non-hydrogen) atoms. The minimum Gasteiger partial charge on any atom is -0.480 e. The third-order valence-corrected chi connectivity index (χ3v) is 2.58. The maximum Gasteiger partial charge on any atom is 0.408 e. The van der Waals surface area contributed by atoms with Gasteiger partial charge in [-0.2, -0.15) is 0 Å². The van der Waals surface area contributed by atoms with E-state index in [1.807, 2.05) is 6.92 Å². The van der Waals surface area contributed by atoms with Crippen LogP contribution in [0.1, 0.15) is 41.0 Å². The van der Waals surface area contributed by atoms with Crippen molar-refractivity contribution < 1.29 is 24.2 Å². The van der Waals surface area contributed by atoms with Crippen LogP contribution in [0.4, 0.5) is 4.79 Å². The molecule has 0 aliphatic heterocycles. The predicted octanol–water partition coefficient (Wildman–Crippen LogP) is 1.13. The molecule has 2 amide bonds. The summed E-state index contributed by atoms with van der Waals surface area (Å²) in [7, 11) is 0. The maximum absolute atomic E-state index is 11.9. The number of ether oxygens (including phenoxy) is 1. The summed E-state index contributed by atoms with van der Waals surface area (Å²) in [5, 5.41) is 13.3. The van der Waals surface area contributed by atoms with Crippen LogP contribution in [0.15, 0.2) is 0 Å². The molecule has 0 heterocycles. The van der Waals surface area contributed by atoms with Crippen LogP contribution in [0, 0.1) is 5.92 Å². The summed E-state index contributed by atoms with van der Waals surface area (Å²) in [4.78, 5) is 34.1. The number of carbonyl (C=O) groups is 3. The molecule has 7 heteroatoms. The Morgan fingerprint density at radius 2 is 1.80 bits per heavy atom. The molecule has 0 rings (SSSR count). The van der Waals surface area contributed by atoms with Crippen LogP contribution in [0.25, 0.3) is 0 Å². The number of alkyl carbamates (subject to hydrolysis) is 1. The molecule has 0 aromatic heterocycles. The van der Waals surface area contributed by atoms with Crippen LogP contribution in [0.5, 0.6) is 0 Å². The fourth-order valence-corrected chi connectivity index (χ4v) is 1.41. The fraction of sp³-hybridized carbons (Fsp3) is 0.769. The Kier molecular flexibility index (Phi) is 7.02. The van der Waals surface area contributed by atoms with Gasteiger partial charge in [-0.15, -0.1) is 0 Å². The van der Waals surface area contributed by atoms with Crippen LogP contribution in [0.3, 0.4) is 0 Å². The van der Waals surface area contributed by atoms with E-state index in [4.69, 9.17) is 9.84 Å². The Labute approximate surface area is 119 Å². The van der Waals surface area contributed by atoms with Crippen molar-refractivity contribution in [2.24, 2.45) is 5.92 Å². The smallest absolute Gasteiger partial charge is 0.408 e. The van der Waals surface area contributed by atoms with Gasteiger partial charge in [-0.25, -0.2) is 4.79 Å². The highest BCUT2D eigenvalue weighted by Crippen LogP contribution is 2.11. The predicted molar refractivity (Wildman–Crippen MR) is 73.3 cm³/mol. The molecular formula is C13H24N2O5. The zero-order chi connectivity index (χ0) is 15.9. The van der Waals surface area contributed by atoms with E-state index in [1.54, 1.807) is 27.7 Å². The molecule has 0 saturated carbocycles. The summed E-state index contributed by atoms with van der Waals surface area (Å²) in [5.41, 5.74) is -0.665. The second kappa shape index (κ2) is 7.72. The van der Waals surface area contributed by atoms with Gasteiger partial charge in [0.15, 0.2) is 0 Å². The topological polar surface area (TPSA) is 105 Å². The molecule has 116 valence electrons. The molecular weight excluding hydrogens is 264 g/mol. The van der Waals surface area contributed by atoms with Gasteiger partial charge in [0, 0.05) is 0 Å². The largest absolute Gasteiger partial charge is 0.480 e. The van der Waals surface area contributed by atoms with Crippen molar-refractivity contribution in [2.45, 2.75) is 52.7 Å². The second-order valence-corrected chi connectivity index (χ2v) is 5.62. The minimum atomic E-state index is -1.14. The zero-order valence-electron chi connectivity index (χ0n) is 12.6. The first-order valence-corrected chi connectivity index (χ1v) is 6.55. The van der Waals surface area contributed by atoms with E-state index in [1.165, 1.54) is 0 Å². The van der Waals surface area contributed by atoms with Crippen molar-refractivity contribution in [3.05, 3.63) is 0 Å². The zero-order valence-corrected chi connectivity index (χ0v) is 12.6. The van der Waals surface area contributed by atoms with Crippen LogP contribution in [-0.4, -0.2) is 41.3 Å². The SMILES string of the molecule is CC[C@@H](C)[C@@H](NC(=O)OC(C)(C)C)C(=O)NCC(=O)O. The third kappa shape index (κ3) is 7.60. The Morgan fingerprint density at radius 3 is 2.20 bits per heavy atom. The number of carboxylic acids is 1. The lowest BCUT2D eigenvalue weighted by molar-refractivity contribution is -0.138. The lowest BCUT2D eigenvalue weighted by atomic mass is 9.98. The molecule has 0 aromatic rings. The highest BCUT2D eigenvalue weighted by molar-refractivity contribution is 5.88. The number of rotatable bonds is 6. The van der Waals surface area contributed by atoms with Crippen LogP contribution >= 0.6 is 0 Å². The first-order valence-electron chi connectivity index (χ1n) is 6.55. The number of carbonyl (C=O) groups excluding carboxylic acids is 2. The molecule has 7 nitrogen and oxygen atoms in total. The highest BCUT2D eigenvalue weighted by atomic mass is 16.6. The van der Waals surface area contributed by atoms with E-state index in [9.17, 15) is 14.4 Å². The highest BCUT2D eigenvalue weighted by Gasteiger charge is 2.28. The van der Waals surface area contributed by atoms with Gasteiger partial charge in [0.25, 0.3) is 0 Å². The van der Waals surface area contributed by atoms with E-state index >= 15 is 0 Å². The van der Waals surface area contributed by atoms with E-state index < -0.39 is 36.2 Å². The van der Waals surface area contributed by atoms with Crippen molar-refractivity contribution in [3.8, 4) is 0 Å². The van der Waals surface area contributed by atoms with E-state index in [2.05, 4.69) is 10.6 Å². The number of aliphatic carboxylic acids is 1. The van der Waals surface area contributed by atoms with Gasteiger partial charge in [0.05, 0.1) is 0 Å². The van der Waals surface area contributed by atoms with Gasteiger partial charge < -0.3 is 20.5 Å². The molecule has 0 spiro atoms. The van der Waals surface area contributed by atoms with Gasteiger partial charge in [-0.3, -0.25) is 9.59 Å². The number of hydrogen-bond acceptors (Lipinski definition) is 4. The molecule has 0 fully saturated rings. The molecule has 0 radical (unpaired) electrons. The average molecular weight is 288 g/mol. The number of amides is 2. The van der Waals surface area contributed by atoms with Crippen LogP contribution < -0.4 is 10.6 Å². The minimum absolute atomic E-state index is 0.142. The lowest BCUT2D eigenvalue weighted by Crippen LogP contribution is -2.52. The van der Waals surface area contributed by atoms with Gasteiger partial charge in [-0.1, -0.05) is 20.3 Å². The van der Waals surface area contributed by atoms with Crippen LogP contribution in [-0.2, 0) is 14.3 Å². The summed E-state index contributed by atoms with van der Waals surface area (Å²) in [6.45, 7) is 8.34. The summed E-state index contributed by atoms with van der Waals surface area (Å²) in [5.74, 6) is -1.82. The number of hydrogen-bond donors (Lipinski definition) is 3. The molecule has 0 bridgehead atoms. The van der Waals surface area contributed by atoms with E-state index in [-0.39, 0.29) is 5.92 Å². The van der Waals surface area contributed by atoms with Crippen molar-refractivity contribution in [1.82, 2.24) is 10.6 Å². The van der Waals surface area contributed by atoms with Gasteiger partial charge in [0.1, 0.15) is 18.2 Å². The normalized spacial score (nSPS) is 14.1. The average Bonchev–Trinajstić information content (AvgIpc) is 2.29. The molecule has 0 aliphatic rings. The van der Waals surface area contributed by atoms with Crippen molar-refractivity contribution in [2.75, 3.05) is 6.54 Å². The first-order chi connectivity index (χ1) is 9.06.